The predicted octanol–water partition coefficient (Wildman–Crippen LogP) is 14.4. The largest absolute Gasteiger partial charge is 0.455 e. The number of nitrogens with zero attached hydrogens (tertiary/aromatic N) is 1. The van der Waals surface area contributed by atoms with E-state index in [-0.39, 0.29) is 0 Å². The number of fused-ring (bicyclic) bond motifs is 6. The summed E-state index contributed by atoms with van der Waals surface area (Å²) in [6.45, 7) is 0. The number of furan rings is 1. The summed E-state index contributed by atoms with van der Waals surface area (Å²) in [6, 6.07) is 67.3. The molecule has 0 fully saturated rings. The van der Waals surface area contributed by atoms with E-state index < -0.39 is 0 Å². The van der Waals surface area contributed by atoms with Crippen molar-refractivity contribution in [1.82, 2.24) is 0 Å². The molecule has 0 amide bonds. The van der Waals surface area contributed by atoms with Crippen molar-refractivity contribution in [2.45, 2.75) is 0 Å². The van der Waals surface area contributed by atoms with Crippen LogP contribution in [0, 0.1) is 0 Å². The first-order valence-corrected chi connectivity index (χ1v) is 18.1. The highest BCUT2D eigenvalue weighted by Gasteiger charge is 2.20. The molecule has 2 nitrogen and oxygen atoms in total. The van der Waals surface area contributed by atoms with Gasteiger partial charge in [0.1, 0.15) is 11.2 Å². The van der Waals surface area contributed by atoms with Crippen molar-refractivity contribution in [3.8, 4) is 33.4 Å². The molecule has 0 bridgehead atoms. The van der Waals surface area contributed by atoms with Crippen molar-refractivity contribution in [3.63, 3.8) is 0 Å². The van der Waals surface area contributed by atoms with Crippen LogP contribution in [0.1, 0.15) is 0 Å². The molecule has 0 saturated carbocycles. The van der Waals surface area contributed by atoms with E-state index in [0.717, 1.165) is 44.4 Å². The highest BCUT2D eigenvalue weighted by Crippen LogP contribution is 2.46. The van der Waals surface area contributed by atoms with Gasteiger partial charge in [0.2, 0.25) is 0 Å². The van der Waals surface area contributed by atoms with E-state index in [4.69, 9.17) is 4.42 Å². The first-order valence-electron chi connectivity index (χ1n) is 17.3. The molecular formula is C48H31NOS. The van der Waals surface area contributed by atoms with E-state index in [2.05, 4.69) is 187 Å². The lowest BCUT2D eigenvalue weighted by atomic mass is 9.95. The van der Waals surface area contributed by atoms with Crippen LogP contribution in [0.15, 0.2) is 192 Å². The second-order valence-corrected chi connectivity index (χ2v) is 14.0. The van der Waals surface area contributed by atoms with Crippen molar-refractivity contribution < 1.29 is 4.42 Å². The molecule has 0 aliphatic heterocycles. The van der Waals surface area contributed by atoms with Gasteiger partial charge < -0.3 is 9.32 Å². The van der Waals surface area contributed by atoms with Gasteiger partial charge >= 0.3 is 0 Å². The molecule has 8 aromatic carbocycles. The maximum Gasteiger partial charge on any atom is 0.143 e. The highest BCUT2D eigenvalue weighted by molar-refractivity contribution is 7.26. The van der Waals surface area contributed by atoms with Crippen LogP contribution in [0.3, 0.4) is 0 Å². The van der Waals surface area contributed by atoms with E-state index >= 15 is 0 Å². The minimum Gasteiger partial charge on any atom is -0.455 e. The molecule has 2 aromatic heterocycles. The molecule has 240 valence electrons. The maximum absolute atomic E-state index is 6.56. The molecule has 0 spiro atoms. The average molecular weight is 670 g/mol. The fourth-order valence-electron chi connectivity index (χ4n) is 7.40. The number of hydrogen-bond acceptors (Lipinski definition) is 3. The minimum absolute atomic E-state index is 0.900. The lowest BCUT2D eigenvalue weighted by molar-refractivity contribution is 0.670. The monoisotopic (exact) mass is 669 g/mol. The summed E-state index contributed by atoms with van der Waals surface area (Å²) in [5.41, 5.74) is 12.1. The summed E-state index contributed by atoms with van der Waals surface area (Å²) in [4.78, 5) is 2.40. The van der Waals surface area contributed by atoms with Gasteiger partial charge in [-0.05, 0) is 82.4 Å². The fraction of sp³-hybridized carbons (Fsp3) is 0. The van der Waals surface area contributed by atoms with E-state index in [1.807, 2.05) is 17.4 Å². The van der Waals surface area contributed by atoms with Crippen molar-refractivity contribution in [3.05, 3.63) is 188 Å². The van der Waals surface area contributed by atoms with Gasteiger partial charge in [-0.15, -0.1) is 11.3 Å². The van der Waals surface area contributed by atoms with E-state index in [0.29, 0.717) is 0 Å². The van der Waals surface area contributed by atoms with Crippen molar-refractivity contribution >= 4 is 70.5 Å². The smallest absolute Gasteiger partial charge is 0.143 e. The Morgan fingerprint density at radius 1 is 0.392 bits per heavy atom. The molecule has 0 atom stereocenters. The standard InChI is InChI=1S/C48H31NOS/c1-3-12-32(13-4-1)34-22-26-37(27-23-34)49(44-19-11-18-41-40-17-8-10-21-46(40)51-48(41)44)38-28-24-35(25-29-38)42-30-36(33-14-5-2-6-15-33)31-43-39-16-7-9-20-45(39)50-47(42)43/h1-31H. The van der Waals surface area contributed by atoms with Gasteiger partial charge in [0.15, 0.2) is 0 Å². The molecule has 0 radical (unpaired) electrons. The zero-order chi connectivity index (χ0) is 33.7. The van der Waals surface area contributed by atoms with Crippen LogP contribution in [-0.2, 0) is 0 Å². The third-order valence-electron chi connectivity index (χ3n) is 9.88. The molecule has 0 aliphatic rings. The Kier molecular flexibility index (Phi) is 7.04. The Hall–Kier alpha value is -6.42. The Balaban J connectivity index is 1.14. The van der Waals surface area contributed by atoms with E-state index in [9.17, 15) is 0 Å². The lowest BCUT2D eigenvalue weighted by Crippen LogP contribution is -2.10. The molecule has 0 saturated heterocycles. The van der Waals surface area contributed by atoms with Crippen LogP contribution in [-0.4, -0.2) is 0 Å². The SMILES string of the molecule is c1ccc(-c2ccc(N(c3ccc(-c4cc(-c5ccccc5)cc5c4oc4ccccc45)cc3)c3cccc4c3sc3ccccc34)cc2)cc1. The molecule has 0 aliphatic carbocycles. The summed E-state index contributed by atoms with van der Waals surface area (Å²) in [7, 11) is 0. The summed E-state index contributed by atoms with van der Waals surface area (Å²) in [5, 5.41) is 4.83. The Labute approximate surface area is 300 Å². The summed E-state index contributed by atoms with van der Waals surface area (Å²) < 4.78 is 9.13. The second kappa shape index (κ2) is 12.2. The van der Waals surface area contributed by atoms with Crippen molar-refractivity contribution in [1.29, 1.82) is 0 Å². The molecule has 51 heavy (non-hydrogen) atoms. The predicted molar refractivity (Wildman–Crippen MR) is 218 cm³/mol. The van der Waals surface area contributed by atoms with Gasteiger partial charge in [0, 0.05) is 43.2 Å². The molecule has 0 unspecified atom stereocenters. The van der Waals surface area contributed by atoms with Crippen molar-refractivity contribution in [2.24, 2.45) is 0 Å². The van der Waals surface area contributed by atoms with Gasteiger partial charge in [0.05, 0.1) is 10.4 Å². The van der Waals surface area contributed by atoms with Gasteiger partial charge in [-0.25, -0.2) is 0 Å². The topological polar surface area (TPSA) is 16.4 Å². The summed E-state index contributed by atoms with van der Waals surface area (Å²) in [5.74, 6) is 0. The number of hydrogen-bond donors (Lipinski definition) is 0. The average Bonchev–Trinajstić information content (AvgIpc) is 3.78. The molecular weight excluding hydrogens is 639 g/mol. The quantitative estimate of drug-likeness (QED) is 0.175. The van der Waals surface area contributed by atoms with Crippen molar-refractivity contribution in [2.75, 3.05) is 4.90 Å². The maximum atomic E-state index is 6.56. The zero-order valence-electron chi connectivity index (χ0n) is 27.7. The Morgan fingerprint density at radius 3 is 1.69 bits per heavy atom. The molecule has 10 rings (SSSR count). The molecule has 10 aromatic rings. The first kappa shape index (κ1) is 29.5. The number of benzene rings is 8. The van der Waals surface area contributed by atoms with Crippen LogP contribution in [0.4, 0.5) is 17.1 Å². The normalized spacial score (nSPS) is 11.5. The number of anilines is 3. The first-order chi connectivity index (χ1) is 25.3. The number of thiophene rings is 1. The summed E-state index contributed by atoms with van der Waals surface area (Å²) >= 11 is 1.85. The highest BCUT2D eigenvalue weighted by atomic mass is 32.1. The van der Waals surface area contributed by atoms with Crippen LogP contribution in [0.2, 0.25) is 0 Å². The third-order valence-corrected chi connectivity index (χ3v) is 11.1. The fourth-order valence-corrected chi connectivity index (χ4v) is 8.60. The Bertz CT molecular complexity index is 2830. The van der Waals surface area contributed by atoms with Gasteiger partial charge in [0.25, 0.3) is 0 Å². The number of para-hydroxylation sites is 1. The lowest BCUT2D eigenvalue weighted by Gasteiger charge is -2.26. The van der Waals surface area contributed by atoms with Crippen LogP contribution in [0.25, 0.3) is 75.5 Å². The number of rotatable bonds is 6. The zero-order valence-corrected chi connectivity index (χ0v) is 28.5. The van der Waals surface area contributed by atoms with Crippen LogP contribution >= 0.6 is 11.3 Å². The molecule has 0 N–H and O–H groups in total. The summed E-state index contributed by atoms with van der Waals surface area (Å²) in [6.07, 6.45) is 0. The van der Waals surface area contributed by atoms with Crippen LogP contribution < -0.4 is 4.90 Å². The van der Waals surface area contributed by atoms with Gasteiger partial charge in [-0.2, -0.15) is 0 Å². The second-order valence-electron chi connectivity index (χ2n) is 12.9. The van der Waals surface area contributed by atoms with Gasteiger partial charge in [-0.1, -0.05) is 133 Å². The molecule has 2 heterocycles. The van der Waals surface area contributed by atoms with Crippen LogP contribution in [0.5, 0.6) is 0 Å². The van der Waals surface area contributed by atoms with Gasteiger partial charge in [-0.3, -0.25) is 0 Å². The molecule has 3 heteroatoms. The Morgan fingerprint density at radius 2 is 0.961 bits per heavy atom. The minimum atomic E-state index is 0.900. The third kappa shape index (κ3) is 5.10. The van der Waals surface area contributed by atoms with E-state index in [1.165, 1.54) is 48.1 Å². The van der Waals surface area contributed by atoms with E-state index in [1.54, 1.807) is 0 Å².